The van der Waals surface area contributed by atoms with Crippen molar-refractivity contribution in [2.75, 3.05) is 0 Å². The lowest BCUT2D eigenvalue weighted by molar-refractivity contribution is -0.196. The third-order valence-electron chi connectivity index (χ3n) is 5.30. The molecule has 0 saturated heterocycles. The average Bonchev–Trinajstić information content (AvgIpc) is 3.49. The van der Waals surface area contributed by atoms with Crippen molar-refractivity contribution in [2.24, 2.45) is 0 Å². The van der Waals surface area contributed by atoms with Crippen molar-refractivity contribution in [3.8, 4) is 11.1 Å². The van der Waals surface area contributed by atoms with Crippen LogP contribution in [-0.4, -0.2) is 23.2 Å². The molecule has 2 aliphatic rings. The SMILES string of the molecule is O=C(NC1CC1)C1(c2ccc(-c3ccc(CC(O)(F)F)cc3)c(F)c2)CC1. The average molecular weight is 375 g/mol. The highest BCUT2D eigenvalue weighted by molar-refractivity contribution is 5.91. The smallest absolute Gasteiger partial charge is 0.353 e. The summed E-state index contributed by atoms with van der Waals surface area (Å²) in [7, 11) is 0. The molecule has 27 heavy (non-hydrogen) atoms. The van der Waals surface area contributed by atoms with E-state index in [2.05, 4.69) is 5.32 Å². The van der Waals surface area contributed by atoms with Gasteiger partial charge in [-0.1, -0.05) is 36.4 Å². The third-order valence-corrected chi connectivity index (χ3v) is 5.30. The summed E-state index contributed by atoms with van der Waals surface area (Å²) in [5.41, 5.74) is 1.23. The Labute approximate surface area is 155 Å². The van der Waals surface area contributed by atoms with Crippen LogP contribution in [0.4, 0.5) is 13.2 Å². The van der Waals surface area contributed by atoms with Gasteiger partial charge in [-0.15, -0.1) is 0 Å². The van der Waals surface area contributed by atoms with Crippen molar-refractivity contribution in [3.63, 3.8) is 0 Å². The van der Waals surface area contributed by atoms with E-state index >= 15 is 0 Å². The summed E-state index contributed by atoms with van der Waals surface area (Å²) in [5.74, 6) is -0.468. The van der Waals surface area contributed by atoms with E-state index in [1.807, 2.05) is 0 Å². The maximum atomic E-state index is 14.7. The van der Waals surface area contributed by atoms with Gasteiger partial charge in [0.1, 0.15) is 5.82 Å². The molecular formula is C21H20F3NO2. The lowest BCUT2D eigenvalue weighted by atomic mass is 9.92. The lowest BCUT2D eigenvalue weighted by Crippen LogP contribution is -2.36. The molecule has 0 radical (unpaired) electrons. The van der Waals surface area contributed by atoms with Crippen molar-refractivity contribution in [1.82, 2.24) is 5.32 Å². The van der Waals surface area contributed by atoms with Gasteiger partial charge in [0, 0.05) is 11.6 Å². The number of carbonyl (C=O) groups excluding carboxylic acids is 1. The second-order valence-corrected chi connectivity index (χ2v) is 7.56. The van der Waals surface area contributed by atoms with Gasteiger partial charge in [0.2, 0.25) is 5.91 Å². The fraction of sp³-hybridized carbons (Fsp3) is 0.381. The summed E-state index contributed by atoms with van der Waals surface area (Å²) >= 11 is 0. The summed E-state index contributed by atoms with van der Waals surface area (Å²) in [6.07, 6.45) is -1.11. The summed E-state index contributed by atoms with van der Waals surface area (Å²) in [5, 5.41) is 11.6. The minimum absolute atomic E-state index is 0.0218. The van der Waals surface area contributed by atoms with Gasteiger partial charge >= 0.3 is 6.11 Å². The first-order chi connectivity index (χ1) is 12.8. The molecule has 0 atom stereocenters. The van der Waals surface area contributed by atoms with Gasteiger partial charge in [0.25, 0.3) is 0 Å². The molecule has 0 heterocycles. The number of amides is 1. The number of aliphatic hydroxyl groups is 1. The monoisotopic (exact) mass is 375 g/mol. The third kappa shape index (κ3) is 3.86. The Morgan fingerprint density at radius 2 is 1.81 bits per heavy atom. The molecule has 4 rings (SSSR count). The van der Waals surface area contributed by atoms with Gasteiger partial charge in [-0.25, -0.2) is 4.39 Å². The summed E-state index contributed by atoms with van der Waals surface area (Å²) in [4.78, 5) is 12.5. The Morgan fingerprint density at radius 3 is 2.33 bits per heavy atom. The molecule has 0 aromatic heterocycles. The Morgan fingerprint density at radius 1 is 1.15 bits per heavy atom. The van der Waals surface area contributed by atoms with E-state index in [0.29, 0.717) is 29.5 Å². The van der Waals surface area contributed by atoms with E-state index in [4.69, 9.17) is 5.11 Å². The number of benzene rings is 2. The van der Waals surface area contributed by atoms with Crippen LogP contribution in [0.3, 0.4) is 0 Å². The van der Waals surface area contributed by atoms with Crippen molar-refractivity contribution in [2.45, 2.75) is 49.7 Å². The van der Waals surface area contributed by atoms with Gasteiger partial charge < -0.3 is 10.4 Å². The lowest BCUT2D eigenvalue weighted by Gasteiger charge is -2.17. The van der Waals surface area contributed by atoms with Gasteiger partial charge in [0.15, 0.2) is 0 Å². The minimum Gasteiger partial charge on any atom is -0.353 e. The van der Waals surface area contributed by atoms with Gasteiger partial charge in [-0.05, 0) is 48.4 Å². The largest absolute Gasteiger partial charge is 0.357 e. The number of rotatable bonds is 6. The fourth-order valence-electron chi connectivity index (χ4n) is 3.42. The van der Waals surface area contributed by atoms with Gasteiger partial charge in [0.05, 0.1) is 11.8 Å². The molecule has 2 N–H and O–H groups in total. The second-order valence-electron chi connectivity index (χ2n) is 7.56. The number of halogens is 3. The van der Waals surface area contributed by atoms with Gasteiger partial charge in [-0.2, -0.15) is 8.78 Å². The van der Waals surface area contributed by atoms with Crippen LogP contribution in [0, 0.1) is 5.82 Å². The molecule has 0 unspecified atom stereocenters. The molecule has 2 saturated carbocycles. The molecule has 142 valence electrons. The second kappa shape index (κ2) is 6.37. The van der Waals surface area contributed by atoms with Crippen molar-refractivity contribution < 1.29 is 23.1 Å². The first kappa shape index (κ1) is 18.0. The summed E-state index contributed by atoms with van der Waals surface area (Å²) < 4.78 is 40.0. The van der Waals surface area contributed by atoms with E-state index in [-0.39, 0.29) is 17.5 Å². The van der Waals surface area contributed by atoms with E-state index in [0.717, 1.165) is 12.8 Å². The Kier molecular flexibility index (Phi) is 4.26. The molecule has 2 fully saturated rings. The van der Waals surface area contributed by atoms with Crippen LogP contribution in [0.5, 0.6) is 0 Å². The highest BCUT2D eigenvalue weighted by Crippen LogP contribution is 2.49. The fourth-order valence-corrected chi connectivity index (χ4v) is 3.42. The summed E-state index contributed by atoms with van der Waals surface area (Å²) in [6, 6.07) is 11.1. The van der Waals surface area contributed by atoms with Crippen LogP contribution in [0.2, 0.25) is 0 Å². The topological polar surface area (TPSA) is 49.3 Å². The maximum Gasteiger partial charge on any atom is 0.357 e. The molecule has 0 aliphatic heterocycles. The molecule has 2 aromatic carbocycles. The molecule has 6 heteroatoms. The highest BCUT2D eigenvalue weighted by atomic mass is 19.3. The highest BCUT2D eigenvalue weighted by Gasteiger charge is 2.52. The first-order valence-electron chi connectivity index (χ1n) is 9.07. The van der Waals surface area contributed by atoms with E-state index < -0.39 is 23.8 Å². The van der Waals surface area contributed by atoms with Crippen LogP contribution in [0.25, 0.3) is 11.1 Å². The van der Waals surface area contributed by atoms with Gasteiger partial charge in [-0.3, -0.25) is 4.79 Å². The Balaban J connectivity index is 1.54. The zero-order valence-electron chi connectivity index (χ0n) is 14.6. The van der Waals surface area contributed by atoms with E-state index in [1.165, 1.54) is 18.2 Å². The number of nitrogens with one attached hydrogen (secondary N) is 1. The molecular weight excluding hydrogens is 355 g/mol. The number of alkyl halides is 2. The Hall–Kier alpha value is -2.34. The zero-order valence-corrected chi connectivity index (χ0v) is 14.6. The quantitative estimate of drug-likeness (QED) is 0.804. The molecule has 0 spiro atoms. The minimum atomic E-state index is -3.77. The van der Waals surface area contributed by atoms with Crippen molar-refractivity contribution >= 4 is 5.91 Å². The molecule has 3 nitrogen and oxygen atoms in total. The molecule has 2 aromatic rings. The first-order valence-corrected chi connectivity index (χ1v) is 9.07. The Bertz CT molecular complexity index is 866. The molecule has 2 aliphatic carbocycles. The van der Waals surface area contributed by atoms with Crippen LogP contribution >= 0.6 is 0 Å². The van der Waals surface area contributed by atoms with E-state index in [9.17, 15) is 18.0 Å². The van der Waals surface area contributed by atoms with Crippen molar-refractivity contribution in [3.05, 3.63) is 59.4 Å². The van der Waals surface area contributed by atoms with Crippen LogP contribution in [-0.2, 0) is 16.6 Å². The van der Waals surface area contributed by atoms with E-state index in [1.54, 1.807) is 24.3 Å². The number of hydrogen-bond acceptors (Lipinski definition) is 2. The van der Waals surface area contributed by atoms with Crippen LogP contribution in [0.1, 0.15) is 36.8 Å². The predicted octanol–water partition coefficient (Wildman–Crippen LogP) is 3.93. The predicted molar refractivity (Wildman–Crippen MR) is 94.8 cm³/mol. The standard InChI is InChI=1S/C21H20F3NO2/c22-18-11-15(20(9-10-20)19(26)25-16-6-7-16)5-8-17(18)14-3-1-13(2-4-14)12-21(23,24)27/h1-5,8,11,16,27H,6-7,9-10,12H2,(H,25,26). The molecule has 0 bridgehead atoms. The molecule has 1 amide bonds. The number of carbonyl (C=O) groups is 1. The normalized spacial score (nSPS) is 18.2. The van der Waals surface area contributed by atoms with Crippen LogP contribution in [0.15, 0.2) is 42.5 Å². The summed E-state index contributed by atoms with van der Waals surface area (Å²) in [6.45, 7) is 0. The number of hydrogen-bond donors (Lipinski definition) is 2. The van der Waals surface area contributed by atoms with Crippen molar-refractivity contribution in [1.29, 1.82) is 0 Å². The zero-order chi connectivity index (χ0) is 19.2. The van der Waals surface area contributed by atoms with Crippen LogP contribution < -0.4 is 5.32 Å². The maximum absolute atomic E-state index is 14.7.